The lowest BCUT2D eigenvalue weighted by molar-refractivity contribution is 0.0339. The highest BCUT2D eigenvalue weighted by molar-refractivity contribution is 5.33. The van der Waals surface area contributed by atoms with E-state index >= 15 is 0 Å². The maximum atomic E-state index is 12.9. The molecule has 0 atom stereocenters. The number of ether oxygens (including phenoxy) is 1. The van der Waals surface area contributed by atoms with E-state index < -0.39 is 0 Å². The van der Waals surface area contributed by atoms with Crippen LogP contribution in [0.1, 0.15) is 12.5 Å². The van der Waals surface area contributed by atoms with E-state index in [4.69, 9.17) is 4.74 Å². The van der Waals surface area contributed by atoms with Gasteiger partial charge >= 0.3 is 0 Å². The summed E-state index contributed by atoms with van der Waals surface area (Å²) >= 11 is 0. The third kappa shape index (κ3) is 1.73. The lowest BCUT2D eigenvalue weighted by Gasteiger charge is -2.39. The van der Waals surface area contributed by atoms with Crippen LogP contribution in [0.15, 0.2) is 18.2 Å². The number of nitrogens with one attached hydrogen (secondary N) is 1. The van der Waals surface area contributed by atoms with E-state index in [0.29, 0.717) is 5.75 Å². The molecule has 1 heterocycles. The highest BCUT2D eigenvalue weighted by Gasteiger charge is 2.34. The van der Waals surface area contributed by atoms with Gasteiger partial charge in [0.1, 0.15) is 17.2 Å². The molecule has 0 unspecified atom stereocenters. The van der Waals surface area contributed by atoms with Crippen LogP contribution in [0, 0.1) is 12.7 Å². The SMILES string of the molecule is Cc1ccc(F)cc1OC1(C)CNC1. The predicted octanol–water partition coefficient (Wildman–Crippen LogP) is 1.87. The second kappa shape index (κ2) is 3.24. The Morgan fingerprint density at radius 1 is 1.43 bits per heavy atom. The molecule has 1 aliphatic rings. The van der Waals surface area contributed by atoms with Gasteiger partial charge in [-0.15, -0.1) is 0 Å². The lowest BCUT2D eigenvalue weighted by atomic mass is 10.00. The van der Waals surface area contributed by atoms with Gasteiger partial charge in [-0.1, -0.05) is 6.07 Å². The highest BCUT2D eigenvalue weighted by atomic mass is 19.1. The third-order valence-corrected chi connectivity index (χ3v) is 2.50. The standard InChI is InChI=1S/C11H14FNO/c1-8-3-4-9(12)5-10(8)14-11(2)6-13-7-11/h3-5,13H,6-7H2,1-2H3. The van der Waals surface area contributed by atoms with E-state index in [2.05, 4.69) is 5.32 Å². The summed E-state index contributed by atoms with van der Waals surface area (Å²) in [5.74, 6) is 0.399. The average molecular weight is 195 g/mol. The molecule has 1 saturated heterocycles. The van der Waals surface area contributed by atoms with Crippen LogP contribution in [0.3, 0.4) is 0 Å². The Hall–Kier alpha value is -1.09. The molecule has 76 valence electrons. The third-order valence-electron chi connectivity index (χ3n) is 2.50. The van der Waals surface area contributed by atoms with Gasteiger partial charge in [-0.25, -0.2) is 4.39 Å². The summed E-state index contributed by atoms with van der Waals surface area (Å²) in [7, 11) is 0. The van der Waals surface area contributed by atoms with E-state index in [0.717, 1.165) is 18.7 Å². The van der Waals surface area contributed by atoms with E-state index in [1.807, 2.05) is 13.8 Å². The van der Waals surface area contributed by atoms with Gasteiger partial charge in [0.2, 0.25) is 0 Å². The van der Waals surface area contributed by atoms with Crippen LogP contribution in [-0.4, -0.2) is 18.7 Å². The Bertz CT molecular complexity index is 347. The number of hydrogen-bond acceptors (Lipinski definition) is 2. The van der Waals surface area contributed by atoms with Crippen LogP contribution < -0.4 is 10.1 Å². The van der Waals surface area contributed by atoms with Gasteiger partial charge in [0, 0.05) is 19.2 Å². The fourth-order valence-corrected chi connectivity index (χ4v) is 1.50. The molecule has 0 aromatic heterocycles. The highest BCUT2D eigenvalue weighted by Crippen LogP contribution is 2.25. The monoisotopic (exact) mass is 195 g/mol. The zero-order valence-corrected chi connectivity index (χ0v) is 8.43. The van der Waals surface area contributed by atoms with Crippen molar-refractivity contribution in [3.05, 3.63) is 29.6 Å². The normalized spacial score (nSPS) is 18.8. The second-order valence-electron chi connectivity index (χ2n) is 4.07. The summed E-state index contributed by atoms with van der Waals surface area (Å²) in [6.07, 6.45) is 0. The molecule has 1 aromatic carbocycles. The van der Waals surface area contributed by atoms with Gasteiger partial charge in [0.15, 0.2) is 0 Å². The van der Waals surface area contributed by atoms with Crippen molar-refractivity contribution in [3.63, 3.8) is 0 Å². The van der Waals surface area contributed by atoms with Crippen molar-refractivity contribution in [2.75, 3.05) is 13.1 Å². The van der Waals surface area contributed by atoms with Crippen molar-refractivity contribution in [2.24, 2.45) is 0 Å². The number of halogens is 1. The summed E-state index contributed by atoms with van der Waals surface area (Å²) in [6, 6.07) is 4.63. The summed E-state index contributed by atoms with van der Waals surface area (Å²) in [6.45, 7) is 5.59. The Balaban J connectivity index is 2.19. The van der Waals surface area contributed by atoms with Gasteiger partial charge in [-0.3, -0.25) is 0 Å². The van der Waals surface area contributed by atoms with Crippen LogP contribution in [0.25, 0.3) is 0 Å². The Morgan fingerprint density at radius 2 is 2.14 bits per heavy atom. The minimum absolute atomic E-state index is 0.168. The zero-order valence-electron chi connectivity index (χ0n) is 8.43. The molecular formula is C11H14FNO. The van der Waals surface area contributed by atoms with Gasteiger partial charge in [-0.05, 0) is 25.5 Å². The van der Waals surface area contributed by atoms with Gasteiger partial charge in [-0.2, -0.15) is 0 Å². The van der Waals surface area contributed by atoms with Crippen molar-refractivity contribution in [1.82, 2.24) is 5.32 Å². The molecule has 0 saturated carbocycles. The molecule has 1 fully saturated rings. The maximum absolute atomic E-state index is 12.9. The first-order chi connectivity index (χ1) is 6.59. The largest absolute Gasteiger partial charge is 0.485 e. The van der Waals surface area contributed by atoms with E-state index in [1.54, 1.807) is 6.07 Å². The number of benzene rings is 1. The Morgan fingerprint density at radius 3 is 2.71 bits per heavy atom. The molecular weight excluding hydrogens is 181 g/mol. The van der Waals surface area contributed by atoms with Gasteiger partial charge < -0.3 is 10.1 Å². The molecule has 0 bridgehead atoms. The Kier molecular flexibility index (Phi) is 2.19. The molecule has 1 N–H and O–H groups in total. The minimum atomic E-state index is -0.249. The number of rotatable bonds is 2. The van der Waals surface area contributed by atoms with E-state index in [-0.39, 0.29) is 11.4 Å². The summed E-state index contributed by atoms with van der Waals surface area (Å²) in [4.78, 5) is 0. The van der Waals surface area contributed by atoms with Crippen LogP contribution >= 0.6 is 0 Å². The molecule has 0 spiro atoms. The number of aryl methyl sites for hydroxylation is 1. The minimum Gasteiger partial charge on any atom is -0.485 e. The van der Waals surface area contributed by atoms with Crippen LogP contribution in [0.4, 0.5) is 4.39 Å². The molecule has 2 rings (SSSR count). The van der Waals surface area contributed by atoms with Crippen molar-refractivity contribution < 1.29 is 9.13 Å². The number of hydrogen-bond donors (Lipinski definition) is 1. The van der Waals surface area contributed by atoms with Crippen molar-refractivity contribution >= 4 is 0 Å². The Labute approximate surface area is 83.1 Å². The summed E-state index contributed by atoms with van der Waals surface area (Å²) < 4.78 is 18.7. The average Bonchev–Trinajstić information content (AvgIpc) is 2.09. The molecule has 0 aliphatic carbocycles. The van der Waals surface area contributed by atoms with Crippen molar-refractivity contribution in [1.29, 1.82) is 0 Å². The van der Waals surface area contributed by atoms with Crippen LogP contribution in [0.5, 0.6) is 5.75 Å². The quantitative estimate of drug-likeness (QED) is 0.778. The summed E-state index contributed by atoms with van der Waals surface area (Å²) in [5, 5.41) is 3.14. The molecule has 1 aromatic rings. The molecule has 0 radical (unpaired) electrons. The predicted molar refractivity (Wildman–Crippen MR) is 53.0 cm³/mol. The first kappa shape index (κ1) is 9.46. The fraction of sp³-hybridized carbons (Fsp3) is 0.455. The first-order valence-electron chi connectivity index (χ1n) is 4.75. The maximum Gasteiger partial charge on any atom is 0.131 e. The molecule has 3 heteroatoms. The topological polar surface area (TPSA) is 21.3 Å². The zero-order chi connectivity index (χ0) is 10.2. The van der Waals surface area contributed by atoms with E-state index in [9.17, 15) is 4.39 Å². The van der Waals surface area contributed by atoms with E-state index in [1.165, 1.54) is 12.1 Å². The van der Waals surface area contributed by atoms with Crippen molar-refractivity contribution in [2.45, 2.75) is 19.4 Å². The first-order valence-corrected chi connectivity index (χ1v) is 4.75. The van der Waals surface area contributed by atoms with Crippen LogP contribution in [-0.2, 0) is 0 Å². The van der Waals surface area contributed by atoms with Gasteiger partial charge in [0.25, 0.3) is 0 Å². The lowest BCUT2D eigenvalue weighted by Crippen LogP contribution is -2.61. The molecule has 0 amide bonds. The van der Waals surface area contributed by atoms with Crippen LogP contribution in [0.2, 0.25) is 0 Å². The summed E-state index contributed by atoms with van der Waals surface area (Å²) in [5.41, 5.74) is 0.804. The van der Waals surface area contributed by atoms with Crippen molar-refractivity contribution in [3.8, 4) is 5.75 Å². The van der Waals surface area contributed by atoms with Gasteiger partial charge in [0.05, 0.1) is 0 Å². The molecule has 2 nitrogen and oxygen atoms in total. The fourth-order valence-electron chi connectivity index (χ4n) is 1.50. The molecule has 1 aliphatic heterocycles. The second-order valence-corrected chi connectivity index (χ2v) is 4.07. The molecule has 14 heavy (non-hydrogen) atoms. The smallest absolute Gasteiger partial charge is 0.131 e.